The van der Waals surface area contributed by atoms with E-state index in [1.165, 1.54) is 17.5 Å². The lowest BCUT2D eigenvalue weighted by atomic mass is 10.1. The highest BCUT2D eigenvalue weighted by molar-refractivity contribution is 5.42. The van der Waals surface area contributed by atoms with E-state index in [0.717, 1.165) is 18.3 Å². The number of tetrazole rings is 1. The van der Waals surface area contributed by atoms with Gasteiger partial charge in [-0.1, -0.05) is 6.92 Å². The smallest absolute Gasteiger partial charge is 0.200 e. The molecule has 6 nitrogen and oxygen atoms in total. The Morgan fingerprint density at radius 2 is 2.38 bits per heavy atom. The van der Waals surface area contributed by atoms with Crippen LogP contribution in [0.5, 0.6) is 0 Å². The van der Waals surface area contributed by atoms with E-state index in [-0.39, 0.29) is 0 Å². The van der Waals surface area contributed by atoms with Gasteiger partial charge in [-0.3, -0.25) is 0 Å². The molecule has 1 aliphatic carbocycles. The monoisotopic (exact) mass is 218 g/mol. The van der Waals surface area contributed by atoms with Gasteiger partial charge in [0.25, 0.3) is 0 Å². The molecule has 16 heavy (non-hydrogen) atoms. The molecule has 0 bridgehead atoms. The Hall–Kier alpha value is -1.72. The lowest BCUT2D eigenvalue weighted by Crippen LogP contribution is -2.14. The van der Waals surface area contributed by atoms with E-state index in [1.54, 1.807) is 0 Å². The third-order valence-electron chi connectivity index (χ3n) is 3.10. The molecule has 1 atom stereocenters. The van der Waals surface area contributed by atoms with Crippen LogP contribution in [0, 0.1) is 11.8 Å². The molecule has 2 aromatic heterocycles. The number of aromatic nitrogens is 5. The molecule has 1 aliphatic rings. The molecule has 0 spiro atoms. The highest BCUT2D eigenvalue weighted by atomic mass is 15.6. The van der Waals surface area contributed by atoms with Gasteiger partial charge >= 0.3 is 0 Å². The molecule has 1 unspecified atom stereocenters. The molecule has 3 rings (SSSR count). The summed E-state index contributed by atoms with van der Waals surface area (Å²) in [7, 11) is 0. The van der Waals surface area contributed by atoms with Gasteiger partial charge in [-0.05, 0) is 47.2 Å². The van der Waals surface area contributed by atoms with Gasteiger partial charge in [-0.15, -0.1) is 14.8 Å². The fourth-order valence-electron chi connectivity index (χ4n) is 1.84. The third kappa shape index (κ3) is 1.82. The highest BCUT2D eigenvalue weighted by Gasteiger charge is 2.27. The zero-order valence-corrected chi connectivity index (χ0v) is 9.17. The quantitative estimate of drug-likeness (QED) is 0.828. The van der Waals surface area contributed by atoms with Crippen molar-refractivity contribution in [1.82, 2.24) is 25.3 Å². The van der Waals surface area contributed by atoms with E-state index in [1.807, 2.05) is 12.1 Å². The number of fused-ring (bicyclic) bond motifs is 1. The molecule has 1 saturated carbocycles. The predicted octanol–water partition coefficient (Wildman–Crippen LogP) is 0.977. The number of rotatable bonds is 4. The Labute approximate surface area is 93.0 Å². The van der Waals surface area contributed by atoms with Crippen LogP contribution in [0.15, 0.2) is 12.1 Å². The Morgan fingerprint density at radius 3 is 3.19 bits per heavy atom. The van der Waals surface area contributed by atoms with Crippen molar-refractivity contribution in [2.24, 2.45) is 11.8 Å². The summed E-state index contributed by atoms with van der Waals surface area (Å²) in [6.07, 6.45) is 2.75. The van der Waals surface area contributed by atoms with E-state index in [9.17, 15) is 0 Å². The fourth-order valence-corrected chi connectivity index (χ4v) is 1.84. The van der Waals surface area contributed by atoms with E-state index in [2.05, 4.69) is 32.9 Å². The molecule has 0 saturated heterocycles. The number of nitrogens with zero attached hydrogens (tertiary/aromatic N) is 5. The number of hydrogen-bond acceptors (Lipinski definition) is 5. The van der Waals surface area contributed by atoms with Gasteiger partial charge in [0.1, 0.15) is 5.82 Å². The van der Waals surface area contributed by atoms with Crippen LogP contribution < -0.4 is 5.32 Å². The van der Waals surface area contributed by atoms with Crippen molar-refractivity contribution in [3.63, 3.8) is 0 Å². The maximum absolute atomic E-state index is 4.26. The second-order valence-electron chi connectivity index (χ2n) is 4.44. The molecule has 0 amide bonds. The summed E-state index contributed by atoms with van der Waals surface area (Å²) in [5, 5.41) is 18.7. The van der Waals surface area contributed by atoms with Gasteiger partial charge in [0.2, 0.25) is 0 Å². The van der Waals surface area contributed by atoms with Crippen molar-refractivity contribution < 1.29 is 0 Å². The standard InChI is InChI=1S/C10H14N6/c1-7(8-2-3-8)6-11-9-4-5-10-12-14-15-16(10)13-9/h4-5,7-8H,2-3,6H2,1H3,(H,11,13). The van der Waals surface area contributed by atoms with Crippen molar-refractivity contribution in [1.29, 1.82) is 0 Å². The Morgan fingerprint density at radius 1 is 1.50 bits per heavy atom. The van der Waals surface area contributed by atoms with E-state index >= 15 is 0 Å². The molecular weight excluding hydrogens is 204 g/mol. The Kier molecular flexibility index (Phi) is 2.19. The molecule has 2 aromatic rings. The molecule has 2 heterocycles. The van der Waals surface area contributed by atoms with Gasteiger partial charge in [-0.2, -0.15) is 0 Å². The maximum Gasteiger partial charge on any atom is 0.200 e. The van der Waals surface area contributed by atoms with E-state index in [0.29, 0.717) is 11.6 Å². The highest BCUT2D eigenvalue weighted by Crippen LogP contribution is 2.36. The van der Waals surface area contributed by atoms with Crippen molar-refractivity contribution in [3.05, 3.63) is 12.1 Å². The lowest BCUT2D eigenvalue weighted by Gasteiger charge is -2.11. The molecule has 1 fully saturated rings. The summed E-state index contributed by atoms with van der Waals surface area (Å²) < 4.78 is 1.43. The molecule has 0 radical (unpaired) electrons. The molecular formula is C10H14N6. The first-order valence-corrected chi connectivity index (χ1v) is 5.62. The van der Waals surface area contributed by atoms with Crippen molar-refractivity contribution in [2.75, 3.05) is 11.9 Å². The average Bonchev–Trinajstić information content (AvgIpc) is 3.04. The summed E-state index contributed by atoms with van der Waals surface area (Å²) >= 11 is 0. The molecule has 6 heteroatoms. The first-order chi connectivity index (χ1) is 7.83. The third-order valence-corrected chi connectivity index (χ3v) is 3.10. The van der Waals surface area contributed by atoms with Gasteiger partial charge in [0.05, 0.1) is 0 Å². The predicted molar refractivity (Wildman–Crippen MR) is 59.0 cm³/mol. The SMILES string of the molecule is CC(CNc1ccc2nnnn2n1)C1CC1. The van der Waals surface area contributed by atoms with Crippen LogP contribution >= 0.6 is 0 Å². The van der Waals surface area contributed by atoms with Gasteiger partial charge in [0.15, 0.2) is 5.65 Å². The van der Waals surface area contributed by atoms with Crippen LogP contribution in [0.1, 0.15) is 19.8 Å². The minimum Gasteiger partial charge on any atom is -0.368 e. The van der Waals surface area contributed by atoms with E-state index < -0.39 is 0 Å². The lowest BCUT2D eigenvalue weighted by molar-refractivity contribution is 0.535. The molecule has 0 aliphatic heterocycles. The minimum atomic E-state index is 0.667. The second kappa shape index (κ2) is 3.70. The first kappa shape index (κ1) is 9.50. The number of hydrogen-bond donors (Lipinski definition) is 1. The van der Waals surface area contributed by atoms with Gasteiger partial charge in [-0.25, -0.2) is 0 Å². The zero-order valence-electron chi connectivity index (χ0n) is 9.17. The molecule has 1 N–H and O–H groups in total. The van der Waals surface area contributed by atoms with Crippen LogP contribution in [0.3, 0.4) is 0 Å². The van der Waals surface area contributed by atoms with Gasteiger partial charge < -0.3 is 5.32 Å². The van der Waals surface area contributed by atoms with Crippen molar-refractivity contribution >= 4 is 11.5 Å². The largest absolute Gasteiger partial charge is 0.368 e. The average molecular weight is 218 g/mol. The minimum absolute atomic E-state index is 0.667. The van der Waals surface area contributed by atoms with Crippen molar-refractivity contribution in [3.8, 4) is 0 Å². The van der Waals surface area contributed by atoms with Crippen LogP contribution in [-0.2, 0) is 0 Å². The van der Waals surface area contributed by atoms with Gasteiger partial charge in [0, 0.05) is 6.54 Å². The van der Waals surface area contributed by atoms with Crippen molar-refractivity contribution in [2.45, 2.75) is 19.8 Å². The second-order valence-corrected chi connectivity index (χ2v) is 4.44. The Balaban J connectivity index is 1.68. The maximum atomic E-state index is 4.26. The van der Waals surface area contributed by atoms with Crippen LogP contribution in [0.2, 0.25) is 0 Å². The fraction of sp³-hybridized carbons (Fsp3) is 0.600. The summed E-state index contributed by atoms with van der Waals surface area (Å²) in [4.78, 5) is 0. The summed E-state index contributed by atoms with van der Waals surface area (Å²) in [5.41, 5.74) is 0.667. The summed E-state index contributed by atoms with van der Waals surface area (Å²) in [6, 6.07) is 3.77. The topological polar surface area (TPSA) is 68.0 Å². The van der Waals surface area contributed by atoms with E-state index in [4.69, 9.17) is 0 Å². The normalized spacial score (nSPS) is 17.6. The van der Waals surface area contributed by atoms with Crippen LogP contribution in [0.4, 0.5) is 5.82 Å². The number of nitrogens with one attached hydrogen (secondary N) is 1. The molecule has 0 aromatic carbocycles. The summed E-state index contributed by atoms with van der Waals surface area (Å²) in [6.45, 7) is 3.24. The zero-order chi connectivity index (χ0) is 11.0. The first-order valence-electron chi connectivity index (χ1n) is 5.62. The number of anilines is 1. The van der Waals surface area contributed by atoms with Crippen LogP contribution in [0.25, 0.3) is 5.65 Å². The molecule has 84 valence electrons. The Bertz CT molecular complexity index is 489. The summed E-state index contributed by atoms with van der Waals surface area (Å²) in [5.74, 6) is 2.45. The van der Waals surface area contributed by atoms with Crippen LogP contribution in [-0.4, -0.2) is 31.8 Å².